The van der Waals surface area contributed by atoms with E-state index in [0.717, 1.165) is 18.8 Å². The third-order valence-electron chi connectivity index (χ3n) is 6.62. The van der Waals surface area contributed by atoms with Crippen molar-refractivity contribution in [2.24, 2.45) is 5.92 Å². The number of rotatable bonds is 9. The molecule has 1 aliphatic rings. The summed E-state index contributed by atoms with van der Waals surface area (Å²) >= 11 is 5.48. The number of likely N-dealkylation sites (tertiary alicyclic amines) is 1. The molecule has 1 aromatic carbocycles. The van der Waals surface area contributed by atoms with Crippen LogP contribution in [-0.2, 0) is 5.41 Å². The average Bonchev–Trinajstić information content (AvgIpc) is 2.69. The molecule has 1 aromatic rings. The number of piperidine rings is 1. The second kappa shape index (κ2) is 11.2. The van der Waals surface area contributed by atoms with Crippen LogP contribution in [0.3, 0.4) is 0 Å². The van der Waals surface area contributed by atoms with Crippen molar-refractivity contribution in [3.63, 3.8) is 0 Å². The van der Waals surface area contributed by atoms with E-state index in [2.05, 4.69) is 62.6 Å². The van der Waals surface area contributed by atoms with E-state index in [1.165, 1.54) is 57.3 Å². The van der Waals surface area contributed by atoms with Gasteiger partial charge in [0.1, 0.15) is 5.75 Å². The third-order valence-corrected chi connectivity index (χ3v) is 6.96. The summed E-state index contributed by atoms with van der Waals surface area (Å²) < 4.78 is 6.01. The molecule has 0 aromatic heterocycles. The summed E-state index contributed by atoms with van der Waals surface area (Å²) in [6, 6.07) is 8.62. The van der Waals surface area contributed by atoms with E-state index in [9.17, 15) is 0 Å². The van der Waals surface area contributed by atoms with E-state index in [1.807, 2.05) is 6.07 Å². The summed E-state index contributed by atoms with van der Waals surface area (Å²) in [5.41, 5.74) is 1.57. The van der Waals surface area contributed by atoms with Gasteiger partial charge in [-0.1, -0.05) is 52.2 Å². The summed E-state index contributed by atoms with van der Waals surface area (Å²) in [7, 11) is 0. The number of hydrogen-bond donors (Lipinski definition) is 0. The van der Waals surface area contributed by atoms with Crippen molar-refractivity contribution < 1.29 is 4.74 Å². The molecule has 0 N–H and O–H groups in total. The Kier molecular flexibility index (Phi) is 9.23. The monoisotopic (exact) mass is 404 g/mol. The van der Waals surface area contributed by atoms with Gasteiger partial charge in [0.05, 0.1) is 0 Å². The smallest absolute Gasteiger partial charge is 0.264 e. The predicted molar refractivity (Wildman–Crippen MR) is 124 cm³/mol. The molecule has 0 unspecified atom stereocenters. The van der Waals surface area contributed by atoms with E-state index in [1.54, 1.807) is 0 Å². The molecular formula is C24H40N2OS. The van der Waals surface area contributed by atoms with Crippen molar-refractivity contribution in [3.05, 3.63) is 29.8 Å². The van der Waals surface area contributed by atoms with E-state index in [0.29, 0.717) is 11.1 Å². The van der Waals surface area contributed by atoms with Crippen LogP contribution in [0.4, 0.5) is 0 Å². The molecule has 0 bridgehead atoms. The van der Waals surface area contributed by atoms with E-state index in [-0.39, 0.29) is 5.41 Å². The van der Waals surface area contributed by atoms with Gasteiger partial charge in [0, 0.05) is 19.6 Å². The Morgan fingerprint density at radius 2 is 1.96 bits per heavy atom. The fourth-order valence-corrected chi connectivity index (χ4v) is 4.63. The van der Waals surface area contributed by atoms with Crippen LogP contribution in [0.25, 0.3) is 0 Å². The Morgan fingerprint density at radius 3 is 2.61 bits per heavy atom. The van der Waals surface area contributed by atoms with Crippen LogP contribution in [0.15, 0.2) is 24.3 Å². The van der Waals surface area contributed by atoms with E-state index >= 15 is 0 Å². The molecule has 1 aliphatic heterocycles. The summed E-state index contributed by atoms with van der Waals surface area (Å²) in [5, 5.41) is 0.572. The molecule has 4 heteroatoms. The number of unbranched alkanes of at least 4 members (excludes halogenated alkanes) is 3. The van der Waals surface area contributed by atoms with Gasteiger partial charge in [-0.2, -0.15) is 0 Å². The Morgan fingerprint density at radius 1 is 1.21 bits per heavy atom. The first kappa shape index (κ1) is 23.2. The lowest BCUT2D eigenvalue weighted by Gasteiger charge is -2.45. The SMILES string of the molecule is CCCCCCN1CC[C@](C)(c2cccc(OC(=S)N(CC)CC)c2)[C@@H](C)C1. The summed E-state index contributed by atoms with van der Waals surface area (Å²) in [4.78, 5) is 4.74. The molecule has 158 valence electrons. The first-order valence-corrected chi connectivity index (χ1v) is 11.6. The molecule has 0 saturated carbocycles. The number of hydrogen-bond acceptors (Lipinski definition) is 3. The molecule has 2 rings (SSSR count). The average molecular weight is 405 g/mol. The van der Waals surface area contributed by atoms with Gasteiger partial charge in [-0.05, 0) is 81.0 Å². The molecule has 0 aliphatic carbocycles. The zero-order valence-electron chi connectivity index (χ0n) is 18.7. The van der Waals surface area contributed by atoms with Crippen molar-refractivity contribution in [3.8, 4) is 5.75 Å². The van der Waals surface area contributed by atoms with Crippen LogP contribution in [-0.4, -0.2) is 47.7 Å². The maximum atomic E-state index is 6.01. The predicted octanol–water partition coefficient (Wildman–Crippen LogP) is 5.87. The van der Waals surface area contributed by atoms with Gasteiger partial charge in [-0.25, -0.2) is 0 Å². The van der Waals surface area contributed by atoms with Crippen molar-refractivity contribution in [1.82, 2.24) is 9.80 Å². The van der Waals surface area contributed by atoms with Gasteiger partial charge in [0.15, 0.2) is 0 Å². The lowest BCUT2D eigenvalue weighted by molar-refractivity contribution is 0.109. The van der Waals surface area contributed by atoms with Gasteiger partial charge < -0.3 is 14.5 Å². The third kappa shape index (κ3) is 5.93. The normalized spacial score (nSPS) is 22.8. The minimum atomic E-state index is 0.191. The number of nitrogens with zero attached hydrogens (tertiary/aromatic N) is 2. The summed E-state index contributed by atoms with van der Waals surface area (Å²) in [6.07, 6.45) is 6.58. The fourth-order valence-electron chi connectivity index (χ4n) is 4.27. The van der Waals surface area contributed by atoms with Gasteiger partial charge in [0.25, 0.3) is 5.17 Å². The van der Waals surface area contributed by atoms with Crippen LogP contribution >= 0.6 is 12.2 Å². The molecule has 1 heterocycles. The highest BCUT2D eigenvalue weighted by Crippen LogP contribution is 2.40. The highest BCUT2D eigenvalue weighted by molar-refractivity contribution is 7.80. The number of benzene rings is 1. The Bertz CT molecular complexity index is 616. The van der Waals surface area contributed by atoms with Crippen LogP contribution in [0.5, 0.6) is 5.75 Å². The maximum absolute atomic E-state index is 6.01. The van der Waals surface area contributed by atoms with E-state index < -0.39 is 0 Å². The van der Waals surface area contributed by atoms with Gasteiger partial charge in [-0.15, -0.1) is 0 Å². The fraction of sp³-hybridized carbons (Fsp3) is 0.708. The van der Waals surface area contributed by atoms with E-state index in [4.69, 9.17) is 17.0 Å². The molecule has 0 spiro atoms. The van der Waals surface area contributed by atoms with Crippen LogP contribution < -0.4 is 4.74 Å². The quantitative estimate of drug-likeness (QED) is 0.377. The lowest BCUT2D eigenvalue weighted by atomic mass is 9.68. The first-order valence-electron chi connectivity index (χ1n) is 11.2. The molecule has 3 nitrogen and oxygen atoms in total. The second-order valence-electron chi connectivity index (χ2n) is 8.50. The van der Waals surface area contributed by atoms with Gasteiger partial charge in [-0.3, -0.25) is 0 Å². The van der Waals surface area contributed by atoms with Gasteiger partial charge >= 0.3 is 0 Å². The first-order chi connectivity index (χ1) is 13.4. The molecule has 0 amide bonds. The summed E-state index contributed by atoms with van der Waals surface area (Å²) in [5.74, 6) is 1.49. The highest BCUT2D eigenvalue weighted by Gasteiger charge is 2.38. The molecule has 1 fully saturated rings. The standard InChI is InChI=1S/C24H40N2OS/c1-6-9-10-11-16-25-17-15-24(5,20(4)19-25)21-13-12-14-22(18-21)27-23(28)26(7-2)8-3/h12-14,18,20H,6-11,15-17,19H2,1-5H3/t20-,24-/m0/s1. The second-order valence-corrected chi connectivity index (χ2v) is 8.85. The van der Waals surface area contributed by atoms with Crippen molar-refractivity contribution in [1.29, 1.82) is 0 Å². The number of thiocarbonyl (C=S) groups is 1. The zero-order valence-corrected chi connectivity index (χ0v) is 19.5. The number of ether oxygens (including phenoxy) is 1. The van der Waals surface area contributed by atoms with Crippen molar-refractivity contribution >= 4 is 17.4 Å². The van der Waals surface area contributed by atoms with Crippen molar-refractivity contribution in [2.45, 2.75) is 72.1 Å². The molecular weight excluding hydrogens is 364 g/mol. The van der Waals surface area contributed by atoms with Crippen molar-refractivity contribution in [2.75, 3.05) is 32.7 Å². The molecule has 2 atom stereocenters. The van der Waals surface area contributed by atoms with Crippen LogP contribution in [0, 0.1) is 5.92 Å². The Balaban J connectivity index is 2.01. The Labute approximate surface area is 178 Å². The largest absolute Gasteiger partial charge is 0.432 e. The topological polar surface area (TPSA) is 15.7 Å². The summed E-state index contributed by atoms with van der Waals surface area (Å²) in [6.45, 7) is 16.7. The lowest BCUT2D eigenvalue weighted by Crippen LogP contribution is -2.47. The minimum Gasteiger partial charge on any atom is -0.432 e. The maximum Gasteiger partial charge on any atom is 0.264 e. The van der Waals surface area contributed by atoms with Crippen LogP contribution in [0.2, 0.25) is 0 Å². The zero-order chi connectivity index (χ0) is 20.6. The van der Waals surface area contributed by atoms with Gasteiger partial charge in [0.2, 0.25) is 0 Å². The molecule has 0 radical (unpaired) electrons. The molecule has 1 saturated heterocycles. The highest BCUT2D eigenvalue weighted by atomic mass is 32.1. The van der Waals surface area contributed by atoms with Crippen LogP contribution in [0.1, 0.15) is 72.3 Å². The minimum absolute atomic E-state index is 0.191. The Hall–Kier alpha value is -1.13. The molecule has 28 heavy (non-hydrogen) atoms.